The maximum absolute atomic E-state index is 14.2. The lowest BCUT2D eigenvalue weighted by Crippen LogP contribution is -2.59. The SMILES string of the molecule is CCC(C)[C@H](NC(=O)[C@@H](CCc1ccccc1)[C@@H](O)[C@H](O)[C@H](CC(C)C)NC(=O)[C@@H](NS(=O)(=O)c1ccc2ccccc2c1)C(C)C)C(=O)NCc1ccccn1. The third-order valence-electron chi connectivity index (χ3n) is 10.4. The van der Waals surface area contributed by atoms with Crippen molar-refractivity contribution in [1.82, 2.24) is 25.7 Å². The van der Waals surface area contributed by atoms with Crippen LogP contribution in [0.5, 0.6) is 0 Å². The third kappa shape index (κ3) is 12.9. The van der Waals surface area contributed by atoms with Gasteiger partial charge in [0.2, 0.25) is 27.7 Å². The highest BCUT2D eigenvalue weighted by Crippen LogP contribution is 2.24. The highest BCUT2D eigenvalue weighted by atomic mass is 32.2. The van der Waals surface area contributed by atoms with Crippen LogP contribution in [-0.2, 0) is 37.4 Å². The summed E-state index contributed by atoms with van der Waals surface area (Å²) in [5, 5.41) is 33.9. The molecule has 1 heterocycles. The molecule has 0 spiro atoms. The number of rotatable bonds is 21. The van der Waals surface area contributed by atoms with E-state index < -0.39 is 69.9 Å². The molecule has 0 aliphatic rings. The Morgan fingerprint density at radius 3 is 2.04 bits per heavy atom. The molecule has 0 aliphatic carbocycles. The number of aryl methyl sites for hydroxylation is 1. The van der Waals surface area contributed by atoms with Crippen LogP contribution in [0.3, 0.4) is 0 Å². The second-order valence-corrected chi connectivity index (χ2v) is 17.3. The number of hydrogen-bond acceptors (Lipinski definition) is 8. The van der Waals surface area contributed by atoms with Gasteiger partial charge in [0.05, 0.1) is 35.2 Å². The predicted octanol–water partition coefficient (Wildman–Crippen LogP) is 4.89. The number of carbonyl (C=O) groups is 3. The number of pyridine rings is 1. The Morgan fingerprint density at radius 1 is 0.737 bits per heavy atom. The summed E-state index contributed by atoms with van der Waals surface area (Å²) in [5.41, 5.74) is 1.56. The van der Waals surface area contributed by atoms with Crippen LogP contribution in [0.1, 0.15) is 72.1 Å². The van der Waals surface area contributed by atoms with E-state index in [1.165, 1.54) is 6.07 Å². The first kappa shape index (κ1) is 45.0. The molecule has 4 aromatic rings. The molecule has 0 aliphatic heterocycles. The number of nitrogens with one attached hydrogen (secondary N) is 4. The quantitative estimate of drug-likeness (QED) is 0.0688. The van der Waals surface area contributed by atoms with Gasteiger partial charge in [0.25, 0.3) is 0 Å². The Hall–Kier alpha value is -4.69. The number of nitrogens with zero attached hydrogens (tertiary/aromatic N) is 1. The molecule has 0 radical (unpaired) electrons. The molecule has 6 N–H and O–H groups in total. The lowest BCUT2D eigenvalue weighted by Gasteiger charge is -2.35. The summed E-state index contributed by atoms with van der Waals surface area (Å²) in [6.07, 6.45) is -0.375. The second kappa shape index (κ2) is 21.2. The first-order chi connectivity index (χ1) is 27.1. The summed E-state index contributed by atoms with van der Waals surface area (Å²) < 4.78 is 29.8. The molecular weight excluding hydrogens is 743 g/mol. The van der Waals surface area contributed by atoms with Gasteiger partial charge in [-0.2, -0.15) is 4.72 Å². The van der Waals surface area contributed by atoms with Crippen molar-refractivity contribution < 1.29 is 33.0 Å². The highest BCUT2D eigenvalue weighted by Gasteiger charge is 2.40. The molecule has 3 aromatic carbocycles. The number of sulfonamides is 1. The largest absolute Gasteiger partial charge is 0.390 e. The summed E-state index contributed by atoms with van der Waals surface area (Å²) in [5.74, 6) is -3.73. The second-order valence-electron chi connectivity index (χ2n) is 15.6. The van der Waals surface area contributed by atoms with Gasteiger partial charge in [-0.25, -0.2) is 8.42 Å². The fourth-order valence-electron chi connectivity index (χ4n) is 6.78. The van der Waals surface area contributed by atoms with Crippen molar-refractivity contribution in [2.45, 2.75) is 109 Å². The van der Waals surface area contributed by atoms with Crippen molar-refractivity contribution in [3.05, 3.63) is 108 Å². The zero-order valence-electron chi connectivity index (χ0n) is 33.8. The average Bonchev–Trinajstić information content (AvgIpc) is 3.20. The molecule has 12 nitrogen and oxygen atoms in total. The van der Waals surface area contributed by atoms with E-state index >= 15 is 0 Å². The summed E-state index contributed by atoms with van der Waals surface area (Å²) in [6, 6.07) is 23.6. The zero-order chi connectivity index (χ0) is 41.7. The van der Waals surface area contributed by atoms with Gasteiger partial charge in [0.1, 0.15) is 18.2 Å². The number of hydrogen-bond donors (Lipinski definition) is 6. The lowest BCUT2D eigenvalue weighted by atomic mass is 9.85. The van der Waals surface area contributed by atoms with Crippen molar-refractivity contribution in [2.24, 2.45) is 23.7 Å². The summed E-state index contributed by atoms with van der Waals surface area (Å²) in [7, 11) is -4.15. The van der Waals surface area contributed by atoms with Gasteiger partial charge in [-0.05, 0) is 77.6 Å². The number of carbonyl (C=O) groups excluding carboxylic acids is 3. The average molecular weight is 802 g/mol. The van der Waals surface area contributed by atoms with E-state index in [4.69, 9.17) is 0 Å². The number of fused-ring (bicyclic) bond motifs is 1. The van der Waals surface area contributed by atoms with Crippen molar-refractivity contribution in [3.63, 3.8) is 0 Å². The van der Waals surface area contributed by atoms with Gasteiger partial charge >= 0.3 is 0 Å². The fourth-order valence-corrected chi connectivity index (χ4v) is 8.16. The number of aromatic nitrogens is 1. The number of amides is 3. The minimum absolute atomic E-state index is 0.00205. The molecule has 13 heteroatoms. The number of benzene rings is 3. The molecule has 0 bridgehead atoms. The molecule has 0 saturated carbocycles. The maximum atomic E-state index is 14.2. The van der Waals surface area contributed by atoms with Crippen LogP contribution in [0.4, 0.5) is 0 Å². The molecule has 4 rings (SSSR count). The van der Waals surface area contributed by atoms with Gasteiger partial charge in [-0.1, -0.05) is 115 Å². The van der Waals surface area contributed by atoms with Crippen molar-refractivity contribution in [1.29, 1.82) is 0 Å². The Balaban J connectivity index is 1.57. The molecule has 3 amide bonds. The molecular formula is C44H59N5O7S. The summed E-state index contributed by atoms with van der Waals surface area (Å²) in [4.78, 5) is 46.0. The fraction of sp³-hybridized carbons (Fsp3) is 0.455. The number of aliphatic hydroxyl groups excluding tert-OH is 2. The summed E-state index contributed by atoms with van der Waals surface area (Å²) in [6.45, 7) is 11.1. The van der Waals surface area contributed by atoms with Crippen LogP contribution in [0, 0.1) is 23.7 Å². The molecule has 0 fully saturated rings. The number of aliphatic hydroxyl groups is 2. The smallest absolute Gasteiger partial charge is 0.243 e. The topological polar surface area (TPSA) is 187 Å². The van der Waals surface area contributed by atoms with Gasteiger partial charge in [0, 0.05) is 6.20 Å². The van der Waals surface area contributed by atoms with Gasteiger partial charge < -0.3 is 26.2 Å². The Bertz CT molecular complexity index is 2010. The first-order valence-corrected chi connectivity index (χ1v) is 21.3. The van der Waals surface area contributed by atoms with Crippen LogP contribution in [0.25, 0.3) is 10.8 Å². The standard InChI is InChI=1S/C44H59N5O7S/c1-7-30(6)39(43(53)46-27-34-19-13-14-24-45-34)48-42(52)36(23-20-31-15-9-8-10-16-31)40(50)41(51)37(25-28(2)3)47-44(54)38(29(4)5)49-57(55,56)35-22-21-32-17-11-12-18-33(32)26-35/h8-19,21-22,24,26,28-30,36-41,49-51H,7,20,23,25,27H2,1-6H3,(H,46,53)(H,47,54)(H,48,52)/t30?,36-,37-,38-,39-,40+,41+/m0/s1. The van der Waals surface area contributed by atoms with E-state index in [-0.39, 0.29) is 36.1 Å². The third-order valence-corrected chi connectivity index (χ3v) is 11.8. The zero-order valence-corrected chi connectivity index (χ0v) is 34.6. The Morgan fingerprint density at radius 2 is 1.40 bits per heavy atom. The highest BCUT2D eigenvalue weighted by molar-refractivity contribution is 7.89. The van der Waals surface area contributed by atoms with Crippen LogP contribution in [0.15, 0.2) is 102 Å². The van der Waals surface area contributed by atoms with E-state index in [0.29, 0.717) is 18.5 Å². The van der Waals surface area contributed by atoms with E-state index in [0.717, 1.165) is 16.3 Å². The molecule has 308 valence electrons. The Labute approximate surface area is 337 Å². The van der Waals surface area contributed by atoms with E-state index in [1.807, 2.05) is 82.3 Å². The van der Waals surface area contributed by atoms with Crippen molar-refractivity contribution in [3.8, 4) is 0 Å². The predicted molar refractivity (Wildman–Crippen MR) is 222 cm³/mol. The monoisotopic (exact) mass is 801 g/mol. The van der Waals surface area contributed by atoms with E-state index in [1.54, 1.807) is 50.4 Å². The molecule has 7 atom stereocenters. The van der Waals surface area contributed by atoms with Crippen molar-refractivity contribution in [2.75, 3.05) is 0 Å². The van der Waals surface area contributed by atoms with Gasteiger partial charge in [0.15, 0.2) is 0 Å². The molecule has 1 unspecified atom stereocenters. The van der Waals surface area contributed by atoms with E-state index in [9.17, 15) is 33.0 Å². The van der Waals surface area contributed by atoms with Crippen LogP contribution in [-0.4, -0.2) is 71.7 Å². The maximum Gasteiger partial charge on any atom is 0.243 e. The van der Waals surface area contributed by atoms with Crippen molar-refractivity contribution >= 4 is 38.5 Å². The van der Waals surface area contributed by atoms with Crippen LogP contribution >= 0.6 is 0 Å². The molecule has 57 heavy (non-hydrogen) atoms. The minimum atomic E-state index is -4.15. The minimum Gasteiger partial charge on any atom is -0.390 e. The summed E-state index contributed by atoms with van der Waals surface area (Å²) >= 11 is 0. The molecule has 1 aromatic heterocycles. The molecule has 0 saturated heterocycles. The van der Waals surface area contributed by atoms with E-state index in [2.05, 4.69) is 25.7 Å². The Kier molecular flexibility index (Phi) is 16.7. The van der Waals surface area contributed by atoms with Gasteiger partial charge in [-0.3, -0.25) is 19.4 Å². The lowest BCUT2D eigenvalue weighted by molar-refractivity contribution is -0.138. The van der Waals surface area contributed by atoms with Crippen LogP contribution in [0.2, 0.25) is 0 Å². The van der Waals surface area contributed by atoms with Gasteiger partial charge in [-0.15, -0.1) is 0 Å². The normalized spacial score (nSPS) is 15.6. The first-order valence-electron chi connectivity index (χ1n) is 19.8. The van der Waals surface area contributed by atoms with Crippen LogP contribution < -0.4 is 20.7 Å².